The van der Waals surface area contributed by atoms with Crippen LogP contribution >= 0.6 is 23.2 Å². The first-order valence-electron chi connectivity index (χ1n) is 13.3. The van der Waals surface area contributed by atoms with Crippen molar-refractivity contribution < 1.29 is 19.2 Å². The van der Waals surface area contributed by atoms with Gasteiger partial charge in [-0.15, -0.1) is 0 Å². The number of hydrogen-bond donors (Lipinski definition) is 1. The normalized spacial score (nSPS) is 14.5. The third-order valence-corrected chi connectivity index (χ3v) is 7.61. The maximum Gasteiger partial charge on any atom is 0.323 e. The van der Waals surface area contributed by atoms with Crippen molar-refractivity contribution in [1.82, 2.24) is 0 Å². The molecule has 1 aromatic carbocycles. The van der Waals surface area contributed by atoms with E-state index in [1.165, 1.54) is 89.2 Å². The lowest BCUT2D eigenvalue weighted by Crippen LogP contribution is -2.44. The third kappa shape index (κ3) is 8.80. The molecular weight excluding hydrogens is 483 g/mol. The van der Waals surface area contributed by atoms with E-state index in [1.807, 2.05) is 14.1 Å². The molecule has 1 heterocycles. The Bertz CT molecular complexity index is 883. The maximum absolute atomic E-state index is 13.1. The largest absolute Gasteiger partial charge is 0.499 e. The van der Waals surface area contributed by atoms with Crippen molar-refractivity contribution >= 4 is 40.7 Å². The van der Waals surface area contributed by atoms with Gasteiger partial charge < -0.3 is 5.11 Å². The monoisotopic (exact) mass is 525 g/mol. The second kappa shape index (κ2) is 14.9. The summed E-state index contributed by atoms with van der Waals surface area (Å²) in [6.45, 7) is 2.93. The van der Waals surface area contributed by atoms with Gasteiger partial charge >= 0.3 is 11.8 Å². The van der Waals surface area contributed by atoms with E-state index < -0.39 is 17.6 Å². The summed E-state index contributed by atoms with van der Waals surface area (Å²) in [7, 11) is 3.72. The fourth-order valence-electron chi connectivity index (χ4n) is 4.72. The minimum atomic E-state index is -0.726. The molecule has 1 N–H and O–H groups in total. The van der Waals surface area contributed by atoms with E-state index in [2.05, 4.69) is 6.92 Å². The van der Waals surface area contributed by atoms with E-state index >= 15 is 0 Å². The van der Waals surface area contributed by atoms with Gasteiger partial charge in [0, 0.05) is 0 Å². The fraction of sp³-hybridized carbons (Fsp3) is 0.643. The zero-order valence-electron chi connectivity index (χ0n) is 21.8. The number of likely N-dealkylation sites (N-methyl/N-ethyl adjacent to an activating group) is 1. The van der Waals surface area contributed by atoms with Crippen LogP contribution in [0.2, 0.25) is 10.0 Å². The number of hydrogen-bond acceptors (Lipinski definition) is 3. The number of aliphatic hydroxyl groups is 1. The van der Waals surface area contributed by atoms with Crippen LogP contribution in [-0.2, 0) is 9.59 Å². The van der Waals surface area contributed by atoms with Crippen LogP contribution in [0.1, 0.15) is 96.8 Å². The van der Waals surface area contributed by atoms with Gasteiger partial charge in [-0.1, -0.05) is 107 Å². The first kappa shape index (κ1) is 29.7. The number of quaternary nitrogens is 1. The van der Waals surface area contributed by atoms with Gasteiger partial charge in [0.1, 0.15) is 0 Å². The van der Waals surface area contributed by atoms with Crippen molar-refractivity contribution in [3.8, 4) is 0 Å². The molecule has 196 valence electrons. The standard InChI is InChI=1S/C28H42Cl2N2O3/c1-4-5-6-7-8-9-10-11-12-13-14-15-16-17-20-32(2,3)25-26(33)28(35)31(27(25)34)22-18-19-23(29)24(30)21-22/h18-19,21H,4-17,20H2,1-3H3/p+1. The molecule has 0 saturated heterocycles. The van der Waals surface area contributed by atoms with Gasteiger partial charge in [-0.25, -0.2) is 4.90 Å². The molecule has 0 unspecified atom stereocenters. The molecule has 2 amide bonds. The van der Waals surface area contributed by atoms with Crippen LogP contribution in [0, 0.1) is 0 Å². The minimum Gasteiger partial charge on any atom is -0.499 e. The summed E-state index contributed by atoms with van der Waals surface area (Å²) in [5.41, 5.74) is 0.420. The molecule has 1 aliphatic heterocycles. The van der Waals surface area contributed by atoms with Crippen molar-refractivity contribution in [3.05, 3.63) is 39.7 Å². The Morgan fingerprint density at radius 2 is 1.23 bits per heavy atom. The highest BCUT2D eigenvalue weighted by Crippen LogP contribution is 2.34. The quantitative estimate of drug-likeness (QED) is 0.126. The number of rotatable bonds is 17. The second-order valence-corrected chi connectivity index (χ2v) is 11.1. The summed E-state index contributed by atoms with van der Waals surface area (Å²) in [5.74, 6) is -1.73. The molecule has 1 aliphatic rings. The van der Waals surface area contributed by atoms with Crippen molar-refractivity contribution in [3.63, 3.8) is 0 Å². The number of anilines is 1. The van der Waals surface area contributed by atoms with Crippen LogP contribution in [0.3, 0.4) is 0 Å². The number of imide groups is 1. The smallest absolute Gasteiger partial charge is 0.323 e. The maximum atomic E-state index is 13.1. The van der Waals surface area contributed by atoms with E-state index in [1.54, 1.807) is 6.07 Å². The molecule has 0 fully saturated rings. The van der Waals surface area contributed by atoms with Crippen molar-refractivity contribution in [2.45, 2.75) is 96.8 Å². The third-order valence-electron chi connectivity index (χ3n) is 6.87. The molecule has 0 saturated carbocycles. The predicted molar refractivity (Wildman–Crippen MR) is 146 cm³/mol. The number of aliphatic hydroxyl groups excluding tert-OH is 1. The fourth-order valence-corrected chi connectivity index (χ4v) is 5.02. The molecule has 0 aromatic heterocycles. The number of amides is 2. The highest BCUT2D eigenvalue weighted by atomic mass is 35.5. The van der Waals surface area contributed by atoms with Gasteiger partial charge in [0.15, 0.2) is 0 Å². The molecule has 2 rings (SSSR count). The zero-order chi connectivity index (χ0) is 25.8. The number of carbonyl (C=O) groups excluding carboxylic acids is 2. The summed E-state index contributed by atoms with van der Waals surface area (Å²) in [4.78, 5) is 26.8. The summed E-state index contributed by atoms with van der Waals surface area (Å²) in [5, 5.41) is 11.1. The van der Waals surface area contributed by atoms with E-state index in [0.717, 1.165) is 17.7 Å². The molecule has 5 nitrogen and oxygen atoms in total. The molecular formula is C28H43Cl2N2O3+. The van der Waals surface area contributed by atoms with Crippen LogP contribution in [-0.4, -0.2) is 42.0 Å². The molecule has 1 aromatic rings. The van der Waals surface area contributed by atoms with Gasteiger partial charge in [0.2, 0.25) is 5.70 Å². The average Bonchev–Trinajstić information content (AvgIpc) is 3.04. The lowest BCUT2D eigenvalue weighted by atomic mass is 10.0. The molecule has 0 atom stereocenters. The van der Waals surface area contributed by atoms with Crippen LogP contribution in [0.25, 0.3) is 0 Å². The summed E-state index contributed by atoms with van der Waals surface area (Å²) >= 11 is 12.0. The van der Waals surface area contributed by atoms with Crippen LogP contribution < -0.4 is 4.90 Å². The zero-order valence-corrected chi connectivity index (χ0v) is 23.3. The van der Waals surface area contributed by atoms with Crippen LogP contribution in [0.4, 0.5) is 5.69 Å². The van der Waals surface area contributed by atoms with Crippen molar-refractivity contribution in [2.24, 2.45) is 0 Å². The highest BCUT2D eigenvalue weighted by molar-refractivity contribution is 6.42. The summed E-state index contributed by atoms with van der Waals surface area (Å²) in [6, 6.07) is 4.54. The second-order valence-electron chi connectivity index (χ2n) is 10.2. The van der Waals surface area contributed by atoms with E-state index in [-0.39, 0.29) is 15.2 Å². The van der Waals surface area contributed by atoms with Gasteiger partial charge in [-0.2, -0.15) is 0 Å². The highest BCUT2D eigenvalue weighted by Gasteiger charge is 2.48. The van der Waals surface area contributed by atoms with Crippen LogP contribution in [0.15, 0.2) is 29.7 Å². The Labute approximate surface area is 221 Å². The summed E-state index contributed by atoms with van der Waals surface area (Å²) < 4.78 is 0.159. The topological polar surface area (TPSA) is 57.6 Å². The molecule has 0 radical (unpaired) electrons. The van der Waals surface area contributed by atoms with Gasteiger partial charge in [-0.3, -0.25) is 14.1 Å². The van der Waals surface area contributed by atoms with Gasteiger partial charge in [0.25, 0.3) is 5.76 Å². The molecule has 7 heteroatoms. The number of carbonyl (C=O) groups is 2. The minimum absolute atomic E-state index is 0.121. The van der Waals surface area contributed by atoms with E-state index in [9.17, 15) is 14.7 Å². The van der Waals surface area contributed by atoms with Gasteiger partial charge in [0.05, 0.1) is 36.4 Å². The molecule has 0 spiro atoms. The van der Waals surface area contributed by atoms with E-state index in [4.69, 9.17) is 23.2 Å². The SMILES string of the molecule is CCCCCCCCCCCCCCCC[N+](C)(C)C1=C(O)C(=O)N(c2ccc(Cl)c(Cl)c2)C1=O. The Hall–Kier alpha value is -1.56. The van der Waals surface area contributed by atoms with Crippen LogP contribution in [0.5, 0.6) is 0 Å². The average molecular weight is 527 g/mol. The molecule has 0 aliphatic carbocycles. The van der Waals surface area contributed by atoms with E-state index in [0.29, 0.717) is 17.3 Å². The van der Waals surface area contributed by atoms with Crippen molar-refractivity contribution in [1.29, 1.82) is 0 Å². The number of benzene rings is 1. The van der Waals surface area contributed by atoms with Crippen molar-refractivity contribution in [2.75, 3.05) is 25.5 Å². The number of nitrogens with zero attached hydrogens (tertiary/aromatic N) is 2. The number of halogens is 2. The predicted octanol–water partition coefficient (Wildman–Crippen LogP) is 8.19. The molecule has 35 heavy (non-hydrogen) atoms. The Kier molecular flexibility index (Phi) is 12.6. The Morgan fingerprint density at radius 3 is 1.71 bits per heavy atom. The molecule has 0 bridgehead atoms. The number of unbranched alkanes of at least 4 members (excludes halogenated alkanes) is 13. The Balaban J connectivity index is 1.69. The summed E-state index contributed by atoms with van der Waals surface area (Å²) in [6.07, 6.45) is 18.0. The lowest BCUT2D eigenvalue weighted by molar-refractivity contribution is -0.848. The first-order valence-corrected chi connectivity index (χ1v) is 14.1. The first-order chi connectivity index (χ1) is 16.7. The van der Waals surface area contributed by atoms with Gasteiger partial charge in [-0.05, 0) is 31.0 Å². The lowest BCUT2D eigenvalue weighted by Gasteiger charge is -2.29. The Morgan fingerprint density at radius 1 is 0.743 bits per heavy atom.